The first-order valence-corrected chi connectivity index (χ1v) is 21.7. The summed E-state index contributed by atoms with van der Waals surface area (Å²) in [7, 11) is -6.43. The van der Waals surface area contributed by atoms with Gasteiger partial charge in [0.2, 0.25) is 23.6 Å². The van der Waals surface area contributed by atoms with Crippen LogP contribution in [0, 0.1) is 23.5 Å². The third-order valence-electron chi connectivity index (χ3n) is 11.4. The SMILES string of the molecule is CCN1C(=O)C2C(C1=O)N1C(c3ccc(OC)c(S(=O)(=O)Nc4ccc(F)cc4)c3)C3C(=O)N(CC)C(=O)C3N1C2c1ccc(OC)c(S(=O)(=O)Nc2ccc(F)cc2)c1. The Morgan fingerprint density at radius 1 is 0.533 bits per heavy atom. The number of carbonyl (C=O) groups excluding carboxylic acids is 4. The molecule has 4 saturated heterocycles. The lowest BCUT2D eigenvalue weighted by Gasteiger charge is -2.35. The molecule has 0 aromatic heterocycles. The van der Waals surface area contributed by atoms with Crippen molar-refractivity contribution in [3.63, 3.8) is 0 Å². The number of methoxy groups -OCH3 is 2. The summed E-state index contributed by atoms with van der Waals surface area (Å²) in [5.74, 6) is -6.27. The van der Waals surface area contributed by atoms with Crippen LogP contribution in [0.15, 0.2) is 94.7 Å². The Kier molecular flexibility index (Phi) is 10.2. The van der Waals surface area contributed by atoms with E-state index < -0.39 is 91.3 Å². The van der Waals surface area contributed by atoms with Crippen molar-refractivity contribution in [2.75, 3.05) is 36.8 Å². The maximum atomic E-state index is 14.4. The number of nitrogens with zero attached hydrogens (tertiary/aromatic N) is 4. The van der Waals surface area contributed by atoms with E-state index in [2.05, 4.69) is 9.44 Å². The van der Waals surface area contributed by atoms with Crippen molar-refractivity contribution in [2.45, 2.75) is 47.8 Å². The minimum absolute atomic E-state index is 0.0198. The van der Waals surface area contributed by atoms with Gasteiger partial charge in [-0.2, -0.15) is 0 Å². The zero-order valence-electron chi connectivity index (χ0n) is 32.4. The van der Waals surface area contributed by atoms with Crippen LogP contribution in [0.5, 0.6) is 11.5 Å². The van der Waals surface area contributed by atoms with E-state index in [1.54, 1.807) is 13.8 Å². The molecule has 6 unspecified atom stereocenters. The standard InChI is InChI=1S/C40H38F2N6O10S2/c1-5-45-37(49)31-33(21-7-17-27(57-3)29(19-21)59(53,54)43-25-13-9-23(41)10-14-25)48-36-32(38(50)46(6-2)40(36)52)34(47(48)35(31)39(45)51)22-8-18-28(58-4)30(20-22)60(55,56)44-26-15-11-24(42)12-16-26/h7-20,31-36,43-44H,5-6H2,1-4H3. The largest absolute Gasteiger partial charge is 0.495 e. The van der Waals surface area contributed by atoms with Gasteiger partial charge in [0.1, 0.15) is 45.0 Å². The second kappa shape index (κ2) is 14.9. The van der Waals surface area contributed by atoms with E-state index in [1.807, 2.05) is 0 Å². The van der Waals surface area contributed by atoms with Crippen molar-refractivity contribution in [2.24, 2.45) is 11.8 Å². The van der Waals surface area contributed by atoms with E-state index >= 15 is 0 Å². The van der Waals surface area contributed by atoms with Gasteiger partial charge in [-0.3, -0.25) is 38.4 Å². The number of anilines is 2. The van der Waals surface area contributed by atoms with E-state index in [0.717, 1.165) is 34.1 Å². The highest BCUT2D eigenvalue weighted by Gasteiger charge is 2.73. The molecule has 4 aliphatic rings. The zero-order chi connectivity index (χ0) is 43.0. The van der Waals surface area contributed by atoms with Crippen molar-refractivity contribution in [3.8, 4) is 11.5 Å². The molecule has 4 fully saturated rings. The molecule has 4 heterocycles. The van der Waals surface area contributed by atoms with Crippen molar-refractivity contribution < 1.29 is 54.3 Å². The van der Waals surface area contributed by atoms with Crippen LogP contribution >= 0.6 is 0 Å². The smallest absolute Gasteiger partial charge is 0.265 e. The van der Waals surface area contributed by atoms with Gasteiger partial charge >= 0.3 is 0 Å². The number of benzene rings is 4. The maximum absolute atomic E-state index is 14.4. The highest BCUT2D eigenvalue weighted by atomic mass is 32.2. The Hall–Kier alpha value is -5.96. The Bertz CT molecular complexity index is 2490. The molecule has 60 heavy (non-hydrogen) atoms. The van der Waals surface area contributed by atoms with Crippen LogP contribution in [0.4, 0.5) is 20.2 Å². The summed E-state index contributed by atoms with van der Waals surface area (Å²) >= 11 is 0. The minimum Gasteiger partial charge on any atom is -0.495 e. The fraction of sp³-hybridized carbons (Fsp3) is 0.300. The zero-order valence-corrected chi connectivity index (χ0v) is 34.0. The van der Waals surface area contributed by atoms with Crippen LogP contribution in [0.3, 0.4) is 0 Å². The van der Waals surface area contributed by atoms with Crippen LogP contribution in [0.2, 0.25) is 0 Å². The third-order valence-corrected chi connectivity index (χ3v) is 14.2. The molecule has 2 N–H and O–H groups in total. The summed E-state index contributed by atoms with van der Waals surface area (Å²) in [5.41, 5.74) is 0.450. The van der Waals surface area contributed by atoms with Gasteiger partial charge in [0.15, 0.2) is 0 Å². The number of fused-ring (bicyclic) bond motifs is 5. The average Bonchev–Trinajstić information content (AvgIpc) is 3.89. The van der Waals surface area contributed by atoms with Gasteiger partial charge < -0.3 is 9.47 Å². The lowest BCUT2D eigenvalue weighted by molar-refractivity contribution is -0.152. The number of sulfonamides is 2. The van der Waals surface area contributed by atoms with Crippen LogP contribution in [0.1, 0.15) is 37.1 Å². The first-order chi connectivity index (χ1) is 28.6. The van der Waals surface area contributed by atoms with E-state index in [0.29, 0.717) is 0 Å². The number of halogens is 2. The highest BCUT2D eigenvalue weighted by molar-refractivity contribution is 7.93. The number of ether oxygens (including phenoxy) is 2. The summed E-state index contributed by atoms with van der Waals surface area (Å²) in [5, 5.41) is 3.01. The highest BCUT2D eigenvalue weighted by Crippen LogP contribution is 2.59. The summed E-state index contributed by atoms with van der Waals surface area (Å²) in [6, 6.07) is 12.4. The lowest BCUT2D eigenvalue weighted by Crippen LogP contribution is -2.50. The molecule has 4 aliphatic heterocycles. The van der Waals surface area contributed by atoms with Gasteiger partial charge in [-0.05, 0) is 97.8 Å². The number of amides is 4. The fourth-order valence-corrected chi connectivity index (χ4v) is 11.4. The summed E-state index contributed by atoms with van der Waals surface area (Å²) in [4.78, 5) is 58.9. The Morgan fingerprint density at radius 3 is 1.20 bits per heavy atom. The predicted octanol–water partition coefficient (Wildman–Crippen LogP) is 3.66. The molecule has 8 rings (SSSR count). The topological polar surface area (TPSA) is 192 Å². The number of hydrazine groups is 1. The van der Waals surface area contributed by atoms with Gasteiger partial charge in [0.25, 0.3) is 20.0 Å². The Morgan fingerprint density at radius 2 is 0.883 bits per heavy atom. The summed E-state index contributed by atoms with van der Waals surface area (Å²) < 4.78 is 98.9. The first-order valence-electron chi connectivity index (χ1n) is 18.8. The molecular formula is C40H38F2N6O10S2. The molecule has 6 atom stereocenters. The molecule has 4 amide bonds. The quantitative estimate of drug-likeness (QED) is 0.197. The summed E-state index contributed by atoms with van der Waals surface area (Å²) in [6.45, 7) is 3.18. The number of likely N-dealkylation sites (N-methyl/N-ethyl adjacent to an activating group) is 2. The van der Waals surface area contributed by atoms with Gasteiger partial charge in [-0.25, -0.2) is 35.6 Å². The predicted molar refractivity (Wildman–Crippen MR) is 209 cm³/mol. The van der Waals surface area contributed by atoms with Crippen molar-refractivity contribution in [3.05, 3.63) is 108 Å². The molecule has 4 aromatic carbocycles. The molecule has 0 aliphatic carbocycles. The second-order valence-corrected chi connectivity index (χ2v) is 17.8. The second-order valence-electron chi connectivity index (χ2n) is 14.5. The molecule has 0 spiro atoms. The van der Waals surface area contributed by atoms with Crippen molar-refractivity contribution in [1.29, 1.82) is 0 Å². The molecule has 0 radical (unpaired) electrons. The lowest BCUT2D eigenvalue weighted by atomic mass is 9.84. The van der Waals surface area contributed by atoms with E-state index in [4.69, 9.17) is 9.47 Å². The number of hydrogen-bond acceptors (Lipinski definition) is 12. The molecule has 20 heteroatoms. The number of imide groups is 2. The molecule has 16 nitrogen and oxygen atoms in total. The first kappa shape index (κ1) is 40.8. The van der Waals surface area contributed by atoms with Gasteiger partial charge in [0.05, 0.1) is 38.1 Å². The Labute approximate surface area is 343 Å². The average molecular weight is 865 g/mol. The molecule has 314 valence electrons. The van der Waals surface area contributed by atoms with Crippen LogP contribution in [-0.2, 0) is 39.2 Å². The van der Waals surface area contributed by atoms with Crippen molar-refractivity contribution in [1.82, 2.24) is 19.8 Å². The van der Waals surface area contributed by atoms with Crippen LogP contribution in [0.25, 0.3) is 0 Å². The third kappa shape index (κ3) is 6.36. The van der Waals surface area contributed by atoms with Crippen LogP contribution < -0.4 is 18.9 Å². The fourth-order valence-electron chi connectivity index (χ4n) is 8.87. The number of nitrogens with one attached hydrogen (secondary N) is 2. The number of rotatable bonds is 12. The molecular weight excluding hydrogens is 827 g/mol. The van der Waals surface area contributed by atoms with Crippen LogP contribution in [-0.4, -0.2) is 99.7 Å². The Balaban J connectivity index is 1.30. The normalized spacial score (nSPS) is 24.2. The van der Waals surface area contributed by atoms with Gasteiger partial charge in [0, 0.05) is 24.5 Å². The van der Waals surface area contributed by atoms with E-state index in [1.165, 1.54) is 84.9 Å². The van der Waals surface area contributed by atoms with E-state index in [9.17, 15) is 44.8 Å². The molecule has 0 bridgehead atoms. The van der Waals surface area contributed by atoms with E-state index in [-0.39, 0.29) is 56.9 Å². The summed E-state index contributed by atoms with van der Waals surface area (Å²) in [6.07, 6.45) is 0. The van der Waals surface area contributed by atoms with Crippen molar-refractivity contribution >= 4 is 55.1 Å². The number of carbonyl (C=O) groups is 4. The number of likely N-dealkylation sites (tertiary alicyclic amines) is 2. The van der Waals surface area contributed by atoms with Gasteiger partial charge in [-0.15, -0.1) is 0 Å². The van der Waals surface area contributed by atoms with Gasteiger partial charge in [-0.1, -0.05) is 12.1 Å². The maximum Gasteiger partial charge on any atom is 0.265 e. The molecule has 0 saturated carbocycles. The monoisotopic (exact) mass is 864 g/mol. The molecule has 4 aromatic rings. The number of hydrogen-bond donors (Lipinski definition) is 2. The minimum atomic E-state index is -4.47.